The van der Waals surface area contributed by atoms with Crippen LogP contribution in [0.3, 0.4) is 0 Å². The predicted molar refractivity (Wildman–Crippen MR) is 95.7 cm³/mol. The minimum Gasteiger partial charge on any atom is -0.492 e. The van der Waals surface area contributed by atoms with Crippen LogP contribution < -0.4 is 10.1 Å². The molecule has 7 heteroatoms. The molecule has 0 spiro atoms. The first-order valence-electron chi connectivity index (χ1n) is 7.97. The molecule has 0 bridgehead atoms. The number of nitriles is 1. The molecule has 1 saturated heterocycles. The third-order valence-corrected chi connectivity index (χ3v) is 4.48. The van der Waals surface area contributed by atoms with E-state index in [4.69, 9.17) is 21.6 Å². The molecule has 2 aromatic rings. The Hall–Kier alpha value is -3.04. The average Bonchev–Trinajstić information content (AvgIpc) is 2.86. The molecule has 1 aliphatic rings. The van der Waals surface area contributed by atoms with Gasteiger partial charge in [-0.1, -0.05) is 29.8 Å². The highest BCUT2D eigenvalue weighted by Gasteiger charge is 2.48. The van der Waals surface area contributed by atoms with Gasteiger partial charge in [0, 0.05) is 5.02 Å². The van der Waals surface area contributed by atoms with Crippen LogP contribution in [-0.2, 0) is 10.3 Å². The zero-order valence-corrected chi connectivity index (χ0v) is 14.8. The molecule has 1 unspecified atom stereocenters. The fraction of sp³-hybridized carbons (Fsp3) is 0.211. The number of rotatable bonds is 5. The van der Waals surface area contributed by atoms with Crippen LogP contribution in [-0.4, -0.2) is 30.0 Å². The fourth-order valence-electron chi connectivity index (χ4n) is 2.79. The Morgan fingerprint density at radius 3 is 2.62 bits per heavy atom. The van der Waals surface area contributed by atoms with Gasteiger partial charge in [0.25, 0.3) is 5.91 Å². The summed E-state index contributed by atoms with van der Waals surface area (Å²) in [5, 5.41) is 12.2. The van der Waals surface area contributed by atoms with Gasteiger partial charge in [0.15, 0.2) is 0 Å². The highest BCUT2D eigenvalue weighted by Crippen LogP contribution is 2.29. The third kappa shape index (κ3) is 3.35. The molecule has 6 nitrogen and oxygen atoms in total. The lowest BCUT2D eigenvalue weighted by molar-refractivity contribution is -0.131. The van der Waals surface area contributed by atoms with Crippen LogP contribution in [0.5, 0.6) is 5.75 Å². The van der Waals surface area contributed by atoms with Crippen molar-refractivity contribution in [1.29, 1.82) is 5.26 Å². The quantitative estimate of drug-likeness (QED) is 0.821. The second kappa shape index (κ2) is 7.06. The predicted octanol–water partition coefficient (Wildman–Crippen LogP) is 3.06. The van der Waals surface area contributed by atoms with Crippen LogP contribution in [0.1, 0.15) is 18.1 Å². The maximum atomic E-state index is 12.8. The van der Waals surface area contributed by atoms with E-state index in [0.29, 0.717) is 21.9 Å². The van der Waals surface area contributed by atoms with Crippen molar-refractivity contribution < 1.29 is 14.3 Å². The van der Waals surface area contributed by atoms with Crippen molar-refractivity contribution >= 4 is 23.5 Å². The van der Waals surface area contributed by atoms with E-state index in [1.807, 2.05) is 6.07 Å². The van der Waals surface area contributed by atoms with E-state index in [9.17, 15) is 9.59 Å². The Kier molecular flexibility index (Phi) is 4.83. The highest BCUT2D eigenvalue weighted by atomic mass is 35.5. The average molecular weight is 370 g/mol. The first kappa shape index (κ1) is 17.8. The normalized spacial score (nSPS) is 19.2. The third-order valence-electron chi connectivity index (χ3n) is 4.25. The van der Waals surface area contributed by atoms with Crippen LogP contribution in [0.25, 0.3) is 0 Å². The molecule has 1 atom stereocenters. The van der Waals surface area contributed by atoms with E-state index in [1.165, 1.54) is 0 Å². The smallest absolute Gasteiger partial charge is 0.325 e. The molecule has 1 fully saturated rings. The van der Waals surface area contributed by atoms with Crippen LogP contribution >= 0.6 is 11.6 Å². The van der Waals surface area contributed by atoms with Crippen molar-refractivity contribution in [2.45, 2.75) is 12.5 Å². The van der Waals surface area contributed by atoms with Crippen molar-refractivity contribution in [3.05, 3.63) is 64.7 Å². The number of nitrogens with zero attached hydrogens (tertiary/aromatic N) is 2. The summed E-state index contributed by atoms with van der Waals surface area (Å²) < 4.78 is 5.56. The van der Waals surface area contributed by atoms with Gasteiger partial charge in [0.05, 0.1) is 18.2 Å². The molecule has 1 aliphatic heterocycles. The Labute approximate surface area is 155 Å². The van der Waals surface area contributed by atoms with E-state index >= 15 is 0 Å². The summed E-state index contributed by atoms with van der Waals surface area (Å²) in [4.78, 5) is 26.2. The topological polar surface area (TPSA) is 82.4 Å². The zero-order chi connectivity index (χ0) is 18.7. The van der Waals surface area contributed by atoms with Crippen LogP contribution in [0.2, 0.25) is 5.02 Å². The molecule has 132 valence electrons. The van der Waals surface area contributed by atoms with Gasteiger partial charge < -0.3 is 10.1 Å². The number of amides is 3. The fourth-order valence-corrected chi connectivity index (χ4v) is 2.97. The molecule has 1 N–H and O–H groups in total. The van der Waals surface area contributed by atoms with Crippen LogP contribution in [0.4, 0.5) is 4.79 Å². The Bertz CT molecular complexity index is 892. The van der Waals surface area contributed by atoms with E-state index in [0.717, 1.165) is 4.90 Å². The number of urea groups is 1. The SMILES string of the molecule is CC1(c2ccc(C#N)cc2)NC(=O)N(CCOc2cccc(Cl)c2)C1=O. The number of hydrogen-bond acceptors (Lipinski definition) is 4. The Balaban J connectivity index is 1.69. The molecule has 26 heavy (non-hydrogen) atoms. The maximum absolute atomic E-state index is 12.8. The second-order valence-corrected chi connectivity index (χ2v) is 6.44. The molecule has 0 radical (unpaired) electrons. The molecule has 0 aromatic heterocycles. The number of benzene rings is 2. The number of ether oxygens (including phenoxy) is 1. The van der Waals surface area contributed by atoms with Crippen molar-refractivity contribution in [2.75, 3.05) is 13.2 Å². The molecule has 0 saturated carbocycles. The first-order valence-corrected chi connectivity index (χ1v) is 8.35. The van der Waals surface area contributed by atoms with E-state index < -0.39 is 11.6 Å². The molecule has 1 heterocycles. The number of carbonyl (C=O) groups excluding carboxylic acids is 2. The van der Waals surface area contributed by atoms with E-state index in [2.05, 4.69) is 5.32 Å². The first-order chi connectivity index (χ1) is 12.4. The summed E-state index contributed by atoms with van der Waals surface area (Å²) in [5.41, 5.74) is -0.0600. The lowest BCUT2D eigenvalue weighted by atomic mass is 9.91. The van der Waals surface area contributed by atoms with Gasteiger partial charge in [-0.2, -0.15) is 5.26 Å². The lowest BCUT2D eigenvalue weighted by Crippen LogP contribution is -2.41. The summed E-state index contributed by atoms with van der Waals surface area (Å²) in [6, 6.07) is 15.0. The number of nitrogens with one attached hydrogen (secondary N) is 1. The van der Waals surface area contributed by atoms with Gasteiger partial charge in [-0.25, -0.2) is 4.79 Å². The van der Waals surface area contributed by atoms with Crippen LogP contribution in [0, 0.1) is 11.3 Å². The monoisotopic (exact) mass is 369 g/mol. The van der Waals surface area contributed by atoms with Crippen molar-refractivity contribution in [1.82, 2.24) is 10.2 Å². The number of carbonyl (C=O) groups is 2. The summed E-state index contributed by atoms with van der Waals surface area (Å²) in [5.74, 6) is 0.210. The summed E-state index contributed by atoms with van der Waals surface area (Å²) >= 11 is 5.90. The Morgan fingerprint density at radius 2 is 1.96 bits per heavy atom. The van der Waals surface area contributed by atoms with Crippen molar-refractivity contribution in [3.8, 4) is 11.8 Å². The van der Waals surface area contributed by atoms with Gasteiger partial charge in [0.1, 0.15) is 17.9 Å². The number of halogens is 1. The molecule has 3 amide bonds. The molecule has 2 aromatic carbocycles. The lowest BCUT2D eigenvalue weighted by Gasteiger charge is -2.22. The van der Waals surface area contributed by atoms with Gasteiger partial charge in [0.2, 0.25) is 0 Å². The van der Waals surface area contributed by atoms with E-state index in [-0.39, 0.29) is 19.1 Å². The maximum Gasteiger partial charge on any atom is 0.325 e. The van der Waals surface area contributed by atoms with E-state index in [1.54, 1.807) is 55.5 Å². The zero-order valence-electron chi connectivity index (χ0n) is 14.0. The molecular formula is C19H16ClN3O3. The number of imide groups is 1. The Morgan fingerprint density at radius 1 is 1.23 bits per heavy atom. The van der Waals surface area contributed by atoms with Gasteiger partial charge in [-0.15, -0.1) is 0 Å². The summed E-state index contributed by atoms with van der Waals surface area (Å²) in [6.45, 7) is 1.92. The molecule has 3 rings (SSSR count). The van der Waals surface area contributed by atoms with Gasteiger partial charge in [-0.3, -0.25) is 9.69 Å². The number of hydrogen-bond donors (Lipinski definition) is 1. The van der Waals surface area contributed by atoms with Gasteiger partial charge >= 0.3 is 6.03 Å². The summed E-state index contributed by atoms with van der Waals surface area (Å²) in [7, 11) is 0. The molecular weight excluding hydrogens is 354 g/mol. The summed E-state index contributed by atoms with van der Waals surface area (Å²) in [6.07, 6.45) is 0. The van der Waals surface area contributed by atoms with Crippen molar-refractivity contribution in [2.24, 2.45) is 0 Å². The second-order valence-electron chi connectivity index (χ2n) is 6.01. The minimum atomic E-state index is -1.17. The highest BCUT2D eigenvalue weighted by molar-refractivity contribution is 6.30. The minimum absolute atomic E-state index is 0.114. The van der Waals surface area contributed by atoms with Crippen LogP contribution in [0.15, 0.2) is 48.5 Å². The van der Waals surface area contributed by atoms with Crippen molar-refractivity contribution in [3.63, 3.8) is 0 Å². The standard InChI is InChI=1S/C19H16ClN3O3/c1-19(14-7-5-13(12-21)6-8-14)17(24)23(18(25)22-19)9-10-26-16-4-2-3-15(20)11-16/h2-8,11H,9-10H2,1H3,(H,22,25). The molecule has 0 aliphatic carbocycles. The largest absolute Gasteiger partial charge is 0.492 e. The van der Waals surface area contributed by atoms with Gasteiger partial charge in [-0.05, 0) is 42.8 Å².